The van der Waals surface area contributed by atoms with Gasteiger partial charge in [0.15, 0.2) is 0 Å². The van der Waals surface area contributed by atoms with Gasteiger partial charge in [-0.1, -0.05) is 28.1 Å². The topological polar surface area (TPSA) is 49.3 Å². The average molecular weight is 350 g/mol. The monoisotopic (exact) mass is 349 g/mol. The molecule has 0 fully saturated rings. The van der Waals surface area contributed by atoms with Crippen LogP contribution in [0.5, 0.6) is 0 Å². The molecule has 108 valence electrons. The molecule has 0 aliphatic heterocycles. The molecule has 3 nitrogen and oxygen atoms in total. The second-order valence-corrected chi connectivity index (χ2v) is 5.42. The van der Waals surface area contributed by atoms with E-state index in [-0.39, 0.29) is 12.1 Å². The van der Waals surface area contributed by atoms with E-state index in [2.05, 4.69) is 21.2 Å². The molecule has 2 N–H and O–H groups in total. The summed E-state index contributed by atoms with van der Waals surface area (Å²) in [5, 5.41) is 11.6. The van der Waals surface area contributed by atoms with E-state index < -0.39 is 29.7 Å². The minimum Gasteiger partial charge on any atom is -0.481 e. The van der Waals surface area contributed by atoms with Crippen molar-refractivity contribution in [1.82, 2.24) is 0 Å². The summed E-state index contributed by atoms with van der Waals surface area (Å²) < 4.78 is 39.1. The van der Waals surface area contributed by atoms with Crippen LogP contribution < -0.4 is 5.32 Å². The molecule has 0 bridgehead atoms. The molecule has 1 aliphatic rings. The maximum absolute atomic E-state index is 12.9. The zero-order valence-electron chi connectivity index (χ0n) is 10.1. The molecule has 0 amide bonds. The summed E-state index contributed by atoms with van der Waals surface area (Å²) in [4.78, 5) is 10.8. The number of anilines is 1. The highest BCUT2D eigenvalue weighted by Crippen LogP contribution is 2.37. The molecule has 2 rings (SSSR count). The van der Waals surface area contributed by atoms with Crippen LogP contribution in [0.1, 0.15) is 12.0 Å². The van der Waals surface area contributed by atoms with Crippen LogP contribution >= 0.6 is 15.9 Å². The Labute approximate surface area is 121 Å². The third-order valence-electron chi connectivity index (χ3n) is 3.03. The average Bonchev–Trinajstić information content (AvgIpc) is 2.79. The number of carboxylic acid groups (broad SMARTS) is 1. The zero-order chi connectivity index (χ0) is 14.9. The van der Waals surface area contributed by atoms with Gasteiger partial charge in [0.2, 0.25) is 0 Å². The van der Waals surface area contributed by atoms with Crippen LogP contribution in [0, 0.1) is 5.92 Å². The second kappa shape index (κ2) is 5.47. The van der Waals surface area contributed by atoms with Gasteiger partial charge in [-0.2, -0.15) is 13.2 Å². The van der Waals surface area contributed by atoms with Crippen molar-refractivity contribution in [3.63, 3.8) is 0 Å². The van der Waals surface area contributed by atoms with Crippen molar-refractivity contribution in [2.75, 3.05) is 5.32 Å². The van der Waals surface area contributed by atoms with E-state index in [1.54, 1.807) is 6.08 Å². The number of alkyl halides is 3. The number of benzene rings is 1. The normalized spacial score (nSPS) is 22.0. The molecule has 0 heterocycles. The zero-order valence-corrected chi connectivity index (χ0v) is 11.7. The van der Waals surface area contributed by atoms with E-state index in [4.69, 9.17) is 5.11 Å². The second-order valence-electron chi connectivity index (χ2n) is 4.50. The molecule has 0 saturated carbocycles. The highest BCUT2D eigenvalue weighted by molar-refractivity contribution is 9.10. The minimum absolute atomic E-state index is 0.0543. The first kappa shape index (κ1) is 14.9. The Morgan fingerprint density at radius 3 is 2.60 bits per heavy atom. The molecule has 7 heteroatoms. The fourth-order valence-electron chi connectivity index (χ4n) is 2.07. The van der Waals surface area contributed by atoms with Gasteiger partial charge in [-0.15, -0.1) is 0 Å². The number of carbonyl (C=O) groups is 1. The third-order valence-corrected chi connectivity index (χ3v) is 3.52. The van der Waals surface area contributed by atoms with E-state index in [1.165, 1.54) is 18.2 Å². The van der Waals surface area contributed by atoms with Crippen molar-refractivity contribution in [3.8, 4) is 0 Å². The molecular formula is C13H11BrF3NO2. The molecule has 1 aliphatic carbocycles. The first-order valence-corrected chi connectivity index (χ1v) is 6.61. The molecule has 2 atom stereocenters. The van der Waals surface area contributed by atoms with E-state index >= 15 is 0 Å². The van der Waals surface area contributed by atoms with Gasteiger partial charge < -0.3 is 10.4 Å². The van der Waals surface area contributed by atoms with Crippen LogP contribution in [0.2, 0.25) is 0 Å². The molecule has 1 aromatic rings. The van der Waals surface area contributed by atoms with Gasteiger partial charge in [-0.25, -0.2) is 0 Å². The standard InChI is InChI=1S/C13H11BrF3NO2/c14-8-2-4-11(10(6-8)13(15,16)17)18-9-3-1-7(5-9)12(19)20/h1-4,6-7,9,18H,5H2,(H,19,20). The fraction of sp³-hybridized carbons (Fsp3) is 0.308. The Hall–Kier alpha value is -1.50. The molecular weight excluding hydrogens is 339 g/mol. The van der Waals surface area contributed by atoms with Crippen LogP contribution in [-0.2, 0) is 11.0 Å². The smallest absolute Gasteiger partial charge is 0.418 e. The summed E-state index contributed by atoms with van der Waals surface area (Å²) in [6.45, 7) is 0. The van der Waals surface area contributed by atoms with E-state index in [0.29, 0.717) is 4.47 Å². The SMILES string of the molecule is O=C(O)C1C=CC(Nc2ccc(Br)cc2C(F)(F)F)C1. The number of halogens is 4. The summed E-state index contributed by atoms with van der Waals surface area (Å²) in [6.07, 6.45) is -1.16. The number of hydrogen-bond acceptors (Lipinski definition) is 2. The van der Waals surface area contributed by atoms with Crippen molar-refractivity contribution in [2.24, 2.45) is 5.92 Å². The molecule has 0 radical (unpaired) electrons. The Bertz CT molecular complexity index is 557. The van der Waals surface area contributed by atoms with Crippen LogP contribution in [0.15, 0.2) is 34.8 Å². The summed E-state index contributed by atoms with van der Waals surface area (Å²) in [7, 11) is 0. The van der Waals surface area contributed by atoms with Gasteiger partial charge in [0.25, 0.3) is 0 Å². The van der Waals surface area contributed by atoms with Gasteiger partial charge >= 0.3 is 12.1 Å². The van der Waals surface area contributed by atoms with Crippen LogP contribution in [-0.4, -0.2) is 17.1 Å². The largest absolute Gasteiger partial charge is 0.481 e. The lowest BCUT2D eigenvalue weighted by molar-refractivity contribution is -0.140. The quantitative estimate of drug-likeness (QED) is 0.813. The number of rotatable bonds is 3. The molecule has 20 heavy (non-hydrogen) atoms. The lowest BCUT2D eigenvalue weighted by Gasteiger charge is -2.18. The first-order chi connectivity index (χ1) is 9.27. The Kier molecular flexibility index (Phi) is 4.08. The maximum Gasteiger partial charge on any atom is 0.418 e. The van der Waals surface area contributed by atoms with Crippen molar-refractivity contribution in [1.29, 1.82) is 0 Å². The van der Waals surface area contributed by atoms with Crippen molar-refractivity contribution < 1.29 is 23.1 Å². The summed E-state index contributed by atoms with van der Waals surface area (Å²) in [5.74, 6) is -1.63. The molecule has 1 aromatic carbocycles. The molecule has 0 aromatic heterocycles. The Morgan fingerprint density at radius 2 is 2.05 bits per heavy atom. The number of hydrogen-bond donors (Lipinski definition) is 2. The third kappa shape index (κ3) is 3.33. The van der Waals surface area contributed by atoms with Crippen LogP contribution in [0.4, 0.5) is 18.9 Å². The maximum atomic E-state index is 12.9. The number of carboxylic acids is 1. The minimum atomic E-state index is -4.47. The van der Waals surface area contributed by atoms with Crippen molar-refractivity contribution >= 4 is 27.6 Å². The molecule has 0 saturated heterocycles. The summed E-state index contributed by atoms with van der Waals surface area (Å²) in [5.41, 5.74) is -0.833. The summed E-state index contributed by atoms with van der Waals surface area (Å²) >= 11 is 3.01. The Morgan fingerprint density at radius 1 is 1.35 bits per heavy atom. The van der Waals surface area contributed by atoms with E-state index in [9.17, 15) is 18.0 Å². The van der Waals surface area contributed by atoms with Gasteiger partial charge in [-0.3, -0.25) is 4.79 Å². The highest BCUT2D eigenvalue weighted by atomic mass is 79.9. The van der Waals surface area contributed by atoms with Crippen molar-refractivity contribution in [2.45, 2.75) is 18.6 Å². The first-order valence-electron chi connectivity index (χ1n) is 5.82. The van der Waals surface area contributed by atoms with Gasteiger partial charge in [0.05, 0.1) is 11.5 Å². The summed E-state index contributed by atoms with van der Waals surface area (Å²) in [6, 6.07) is 3.41. The predicted octanol–water partition coefficient (Wildman–Crippen LogP) is 3.91. The number of aliphatic carboxylic acids is 1. The van der Waals surface area contributed by atoms with E-state index in [1.807, 2.05) is 0 Å². The highest BCUT2D eigenvalue weighted by Gasteiger charge is 2.34. The van der Waals surface area contributed by atoms with Crippen molar-refractivity contribution in [3.05, 3.63) is 40.4 Å². The fourth-order valence-corrected chi connectivity index (χ4v) is 2.43. The van der Waals surface area contributed by atoms with Gasteiger partial charge in [-0.05, 0) is 24.6 Å². The van der Waals surface area contributed by atoms with Gasteiger partial charge in [0.1, 0.15) is 0 Å². The number of nitrogens with one attached hydrogen (secondary N) is 1. The van der Waals surface area contributed by atoms with Crippen LogP contribution in [0.25, 0.3) is 0 Å². The van der Waals surface area contributed by atoms with E-state index in [0.717, 1.165) is 6.07 Å². The van der Waals surface area contributed by atoms with Crippen LogP contribution in [0.3, 0.4) is 0 Å². The predicted molar refractivity (Wildman–Crippen MR) is 71.4 cm³/mol. The molecule has 2 unspecified atom stereocenters. The lowest BCUT2D eigenvalue weighted by atomic mass is 10.1. The molecule has 0 spiro atoms. The Balaban J connectivity index is 2.19. The lowest BCUT2D eigenvalue weighted by Crippen LogP contribution is -2.21. The van der Waals surface area contributed by atoms with Gasteiger partial charge in [0, 0.05) is 16.2 Å².